The molecular formula is C3H7O3Si. The van der Waals surface area contributed by atoms with Crippen LogP contribution in [-0.2, 0) is 9.84 Å². The van der Waals surface area contributed by atoms with Crippen molar-refractivity contribution < 1.29 is 14.6 Å². The molecule has 0 rings (SSSR count). The Labute approximate surface area is 44.7 Å². The third-order valence-electron chi connectivity index (χ3n) is 0.332. The first kappa shape index (κ1) is 6.49. The predicted molar refractivity (Wildman–Crippen MR) is 26.6 cm³/mol. The first-order valence-electron chi connectivity index (χ1n) is 2.00. The van der Waals surface area contributed by atoms with Crippen LogP contribution >= 0.6 is 0 Å². The summed E-state index contributed by atoms with van der Waals surface area (Å²) in [6.45, 7) is 1.68. The van der Waals surface area contributed by atoms with Crippen LogP contribution in [0.25, 0.3) is 0 Å². The molecule has 1 radical (unpaired) electrons. The number of ether oxygens (including phenoxy) is 1. The average Bonchev–Trinajstić information content (AvgIpc) is 1.27. The number of hydrogen-bond donors (Lipinski definition) is 0. The molecule has 0 aliphatic carbocycles. The van der Waals surface area contributed by atoms with Crippen molar-refractivity contribution in [3.63, 3.8) is 0 Å². The fourth-order valence-electron chi connectivity index (χ4n) is 0.192. The lowest BCUT2D eigenvalue weighted by atomic mass is 10.8. The van der Waals surface area contributed by atoms with E-state index in [0.29, 0.717) is 0 Å². The molecule has 1 atom stereocenters. The van der Waals surface area contributed by atoms with Gasteiger partial charge in [0.1, 0.15) is 0 Å². The summed E-state index contributed by atoms with van der Waals surface area (Å²) in [5.74, 6) is 0. The number of carbonyl (C=O) groups is 1. The molecule has 41 valence electrons. The maximum Gasteiger partial charge on any atom is 0.549 e. The molecule has 0 fully saturated rings. The van der Waals surface area contributed by atoms with Crippen LogP contribution in [0.2, 0.25) is 0 Å². The second-order valence-corrected chi connectivity index (χ2v) is 3.04. The largest absolute Gasteiger partial charge is 0.549 e. The van der Waals surface area contributed by atoms with Gasteiger partial charge in [-0.25, -0.2) is 0 Å². The Morgan fingerprint density at radius 1 is 1.86 bits per heavy atom. The van der Waals surface area contributed by atoms with Gasteiger partial charge in [0.15, 0.2) is 0 Å². The Kier molecular flexibility index (Phi) is 2.43. The van der Waals surface area contributed by atoms with Gasteiger partial charge in [0.05, 0.1) is 16.0 Å². The highest BCUT2D eigenvalue weighted by Crippen LogP contribution is 1.81. The molecule has 0 saturated carbocycles. The summed E-state index contributed by atoms with van der Waals surface area (Å²) in [6, 6.07) is 0. The lowest BCUT2D eigenvalue weighted by Crippen LogP contribution is -2.10. The minimum absolute atomic E-state index is 0.148. The van der Waals surface area contributed by atoms with Gasteiger partial charge in [0.25, 0.3) is 0 Å². The highest BCUT2D eigenvalue weighted by molar-refractivity contribution is 6.11. The van der Waals surface area contributed by atoms with Crippen molar-refractivity contribution in [1.29, 1.82) is 0 Å². The Bertz CT molecular complexity index is 70.6. The molecule has 7 heavy (non-hydrogen) atoms. The molecule has 0 spiro atoms. The minimum atomic E-state index is -1.43. The van der Waals surface area contributed by atoms with E-state index in [1.165, 1.54) is 0 Å². The van der Waals surface area contributed by atoms with Gasteiger partial charge in [0, 0.05) is 0 Å². The first-order chi connectivity index (χ1) is 3.13. The Morgan fingerprint density at radius 3 is 2.29 bits per heavy atom. The number of carbonyl (C=O) groups excluding carboxylic acids is 1. The van der Waals surface area contributed by atoms with Crippen molar-refractivity contribution in [3.05, 3.63) is 0 Å². The molecule has 0 saturated heterocycles. The van der Waals surface area contributed by atoms with Crippen molar-refractivity contribution >= 4 is 16.4 Å². The zero-order valence-electron chi connectivity index (χ0n) is 4.30. The van der Waals surface area contributed by atoms with Gasteiger partial charge in [-0.1, -0.05) is 0 Å². The van der Waals surface area contributed by atoms with Crippen LogP contribution in [0.5, 0.6) is 0 Å². The van der Waals surface area contributed by atoms with Crippen LogP contribution < -0.4 is 0 Å². The van der Waals surface area contributed by atoms with Crippen molar-refractivity contribution in [2.24, 2.45) is 0 Å². The third-order valence-corrected chi connectivity index (χ3v) is 0.568. The van der Waals surface area contributed by atoms with E-state index in [1.54, 1.807) is 6.92 Å². The summed E-state index contributed by atoms with van der Waals surface area (Å²) in [5, 5.41) is 9.50. The van der Waals surface area contributed by atoms with Crippen LogP contribution in [0.4, 0.5) is 4.79 Å². The first-order valence-corrected chi connectivity index (χ1v) is 3.16. The maximum absolute atomic E-state index is 9.50. The summed E-state index contributed by atoms with van der Waals surface area (Å²) in [6.07, 6.45) is -1.43. The van der Waals surface area contributed by atoms with Crippen molar-refractivity contribution in [2.45, 2.75) is 12.7 Å². The van der Waals surface area contributed by atoms with Gasteiger partial charge in [-0.05, 0) is 6.92 Å². The number of hydrogen-bond acceptors (Lipinski definition) is 2. The summed E-state index contributed by atoms with van der Waals surface area (Å²) in [7, 11) is 0.724. The van der Waals surface area contributed by atoms with Gasteiger partial charge in [-0.15, -0.1) is 0 Å². The molecule has 1 unspecified atom stereocenters. The molecule has 0 bridgehead atoms. The van der Waals surface area contributed by atoms with Crippen LogP contribution in [0.3, 0.4) is 0 Å². The zero-order chi connectivity index (χ0) is 5.86. The zero-order valence-corrected chi connectivity index (χ0v) is 6.30. The molecular weight excluding hydrogens is 112 g/mol. The second-order valence-electron chi connectivity index (χ2n) is 1.42. The molecule has 0 aromatic heterocycles. The van der Waals surface area contributed by atoms with E-state index in [4.69, 9.17) is 0 Å². The normalized spacial score (nSPS) is 13.3. The van der Waals surface area contributed by atoms with Gasteiger partial charge in [0.2, 0.25) is 0 Å². The average molecular weight is 119 g/mol. The Balaban J connectivity index is 3.13. The molecule has 0 aromatic carbocycles. The van der Waals surface area contributed by atoms with Crippen molar-refractivity contribution in [1.82, 2.24) is 0 Å². The third kappa shape index (κ3) is 5.49. The predicted octanol–water partition coefficient (Wildman–Crippen LogP) is -0.735. The lowest BCUT2D eigenvalue weighted by molar-refractivity contribution is 0.0615. The molecule has 4 heteroatoms. The summed E-state index contributed by atoms with van der Waals surface area (Å²) in [4.78, 5) is 9.50. The summed E-state index contributed by atoms with van der Waals surface area (Å²) >= 11 is 0. The molecule has 0 amide bonds. The molecule has 3 nitrogen and oxygen atoms in total. The standard InChI is InChI=1S/C3H7O3Si/c1-2(7)6-3(4)5/h2H,1,7H3. The van der Waals surface area contributed by atoms with E-state index >= 15 is 0 Å². The van der Waals surface area contributed by atoms with Crippen molar-refractivity contribution in [2.75, 3.05) is 0 Å². The smallest absolute Gasteiger partial charge is 0.434 e. The van der Waals surface area contributed by atoms with E-state index in [-0.39, 0.29) is 5.73 Å². The van der Waals surface area contributed by atoms with Crippen LogP contribution in [-0.4, -0.2) is 22.1 Å². The van der Waals surface area contributed by atoms with Gasteiger partial charge >= 0.3 is 6.16 Å². The highest BCUT2D eigenvalue weighted by Gasteiger charge is 2.00. The minimum Gasteiger partial charge on any atom is -0.434 e. The SMILES string of the molecule is CC([SiH3])OC([O])=O. The fraction of sp³-hybridized carbons (Fsp3) is 0.667. The van der Waals surface area contributed by atoms with E-state index < -0.39 is 6.16 Å². The second kappa shape index (κ2) is 2.63. The quantitative estimate of drug-likeness (QED) is 0.337. The van der Waals surface area contributed by atoms with E-state index in [1.807, 2.05) is 0 Å². The van der Waals surface area contributed by atoms with Crippen LogP contribution in [0.15, 0.2) is 0 Å². The summed E-state index contributed by atoms with van der Waals surface area (Å²) in [5.41, 5.74) is -0.148. The van der Waals surface area contributed by atoms with E-state index in [9.17, 15) is 9.90 Å². The topological polar surface area (TPSA) is 46.2 Å². The van der Waals surface area contributed by atoms with Crippen molar-refractivity contribution in [3.8, 4) is 0 Å². The Hall–Kier alpha value is -0.513. The molecule has 0 aliphatic heterocycles. The highest BCUT2D eigenvalue weighted by atomic mass is 28.1. The van der Waals surface area contributed by atoms with Gasteiger partial charge < -0.3 is 4.74 Å². The monoisotopic (exact) mass is 119 g/mol. The Morgan fingerprint density at radius 2 is 2.29 bits per heavy atom. The number of rotatable bonds is 1. The molecule has 0 heterocycles. The molecule has 0 N–H and O–H groups in total. The van der Waals surface area contributed by atoms with Crippen LogP contribution in [0.1, 0.15) is 6.92 Å². The lowest BCUT2D eigenvalue weighted by Gasteiger charge is -1.98. The van der Waals surface area contributed by atoms with Gasteiger partial charge in [-0.2, -0.15) is 9.90 Å². The molecule has 0 aromatic rings. The van der Waals surface area contributed by atoms with Gasteiger partial charge in [-0.3, -0.25) is 0 Å². The van der Waals surface area contributed by atoms with E-state index in [2.05, 4.69) is 4.74 Å². The maximum atomic E-state index is 9.50. The van der Waals surface area contributed by atoms with E-state index in [0.717, 1.165) is 10.2 Å². The van der Waals surface area contributed by atoms with Crippen LogP contribution in [0, 0.1) is 0 Å². The fourth-order valence-corrected chi connectivity index (χ4v) is 0.385. The molecule has 0 aliphatic rings. The summed E-state index contributed by atoms with van der Waals surface area (Å²) < 4.78 is 4.12.